The van der Waals surface area contributed by atoms with E-state index in [1.54, 1.807) is 0 Å². The van der Waals surface area contributed by atoms with E-state index < -0.39 is 6.55 Å². The topological polar surface area (TPSA) is 82.1 Å². The number of morpholine rings is 1. The number of hydrogen-bond donors (Lipinski definition) is 1. The number of hydrogen-bond acceptors (Lipinski definition) is 6. The van der Waals surface area contributed by atoms with E-state index in [9.17, 15) is 8.78 Å². The van der Waals surface area contributed by atoms with Crippen molar-refractivity contribution in [3.05, 3.63) is 57.9 Å². The molecule has 2 N–H and O–H groups in total. The van der Waals surface area contributed by atoms with E-state index in [2.05, 4.69) is 38.2 Å². The lowest BCUT2D eigenvalue weighted by molar-refractivity contribution is 0.0342. The molecule has 5 rings (SSSR count). The molecule has 1 aliphatic heterocycles. The molecule has 3 heterocycles. The standard InChI is InChI=1S/C23H25ClF2N6O/c24-20-11-19(28-23(27)29-20)21-17(13-32(30-21)22(25)26)10-16-9-14(1-4-18(16)15-2-3-15)12-31-5-7-33-8-6-31/h1,4,9,11,13,15,22H,2-3,5-8,10,12H2,(H2,27,28,29). The zero-order chi connectivity index (χ0) is 22.9. The van der Waals surface area contributed by atoms with Crippen LogP contribution in [0, 0.1) is 0 Å². The monoisotopic (exact) mass is 474 g/mol. The maximum absolute atomic E-state index is 13.5. The first-order chi connectivity index (χ1) is 16.0. The van der Waals surface area contributed by atoms with Gasteiger partial charge in [0.2, 0.25) is 5.95 Å². The van der Waals surface area contributed by atoms with Crippen LogP contribution in [0.4, 0.5) is 14.7 Å². The van der Waals surface area contributed by atoms with Gasteiger partial charge in [0.05, 0.1) is 18.9 Å². The van der Waals surface area contributed by atoms with E-state index in [0.717, 1.165) is 51.3 Å². The number of ether oxygens (including phenoxy) is 1. The first kappa shape index (κ1) is 22.2. The summed E-state index contributed by atoms with van der Waals surface area (Å²) in [4.78, 5) is 10.4. The molecule has 10 heteroatoms. The SMILES string of the molecule is Nc1nc(Cl)cc(-c2nn(C(F)F)cc2Cc2cc(CN3CCOCC3)ccc2C2CC2)n1. The minimum Gasteiger partial charge on any atom is -0.379 e. The Morgan fingerprint density at radius 3 is 2.61 bits per heavy atom. The highest BCUT2D eigenvalue weighted by Gasteiger charge is 2.27. The number of alkyl halides is 2. The lowest BCUT2D eigenvalue weighted by Gasteiger charge is -2.27. The van der Waals surface area contributed by atoms with E-state index >= 15 is 0 Å². The number of nitrogens with zero attached hydrogens (tertiary/aromatic N) is 5. The molecule has 2 fully saturated rings. The molecule has 0 unspecified atom stereocenters. The van der Waals surface area contributed by atoms with Crippen molar-refractivity contribution < 1.29 is 13.5 Å². The van der Waals surface area contributed by atoms with E-state index in [-0.39, 0.29) is 11.1 Å². The summed E-state index contributed by atoms with van der Waals surface area (Å²) in [6.07, 6.45) is 4.15. The van der Waals surface area contributed by atoms with Crippen molar-refractivity contribution in [1.82, 2.24) is 24.6 Å². The van der Waals surface area contributed by atoms with Gasteiger partial charge < -0.3 is 10.5 Å². The Kier molecular flexibility index (Phi) is 6.27. The van der Waals surface area contributed by atoms with Crippen LogP contribution in [-0.4, -0.2) is 51.0 Å². The van der Waals surface area contributed by atoms with E-state index in [0.29, 0.717) is 34.0 Å². The van der Waals surface area contributed by atoms with Crippen LogP contribution in [0.2, 0.25) is 5.15 Å². The summed E-state index contributed by atoms with van der Waals surface area (Å²) < 4.78 is 33.1. The highest BCUT2D eigenvalue weighted by Crippen LogP contribution is 2.43. The Morgan fingerprint density at radius 1 is 1.12 bits per heavy atom. The lowest BCUT2D eigenvalue weighted by Crippen LogP contribution is -2.35. The first-order valence-corrected chi connectivity index (χ1v) is 11.4. The summed E-state index contributed by atoms with van der Waals surface area (Å²) in [7, 11) is 0. The smallest absolute Gasteiger partial charge is 0.333 e. The van der Waals surface area contributed by atoms with Crippen LogP contribution in [-0.2, 0) is 17.7 Å². The third-order valence-corrected chi connectivity index (χ3v) is 6.27. The predicted octanol–water partition coefficient (Wildman–Crippen LogP) is 4.27. The van der Waals surface area contributed by atoms with Crippen LogP contribution in [0.5, 0.6) is 0 Å². The number of halogens is 3. The number of nitrogen functional groups attached to an aromatic ring is 1. The summed E-state index contributed by atoms with van der Waals surface area (Å²) in [5.41, 5.74) is 10.7. The molecule has 33 heavy (non-hydrogen) atoms. The molecule has 0 atom stereocenters. The van der Waals surface area contributed by atoms with Gasteiger partial charge in [-0.25, -0.2) is 14.6 Å². The first-order valence-electron chi connectivity index (χ1n) is 11.0. The Hall–Kier alpha value is -2.62. The van der Waals surface area contributed by atoms with Crippen molar-refractivity contribution in [2.24, 2.45) is 0 Å². The zero-order valence-electron chi connectivity index (χ0n) is 18.1. The van der Waals surface area contributed by atoms with Gasteiger partial charge in [0.25, 0.3) is 0 Å². The molecule has 7 nitrogen and oxygen atoms in total. The van der Waals surface area contributed by atoms with Crippen LogP contribution >= 0.6 is 11.6 Å². The largest absolute Gasteiger partial charge is 0.379 e. The molecule has 1 saturated heterocycles. The molecule has 2 aromatic heterocycles. The lowest BCUT2D eigenvalue weighted by atomic mass is 9.94. The number of benzene rings is 1. The summed E-state index contributed by atoms with van der Waals surface area (Å²) in [6.45, 7) is 1.37. The number of anilines is 1. The van der Waals surface area contributed by atoms with Crippen molar-refractivity contribution in [3.8, 4) is 11.4 Å². The van der Waals surface area contributed by atoms with Gasteiger partial charge in [-0.15, -0.1) is 0 Å². The van der Waals surface area contributed by atoms with Gasteiger partial charge in [-0.05, 0) is 35.4 Å². The summed E-state index contributed by atoms with van der Waals surface area (Å²) in [6, 6.07) is 8.07. The summed E-state index contributed by atoms with van der Waals surface area (Å²) >= 11 is 6.04. The Bertz CT molecular complexity index is 1120. The van der Waals surface area contributed by atoms with E-state index in [1.165, 1.54) is 23.4 Å². The van der Waals surface area contributed by atoms with Gasteiger partial charge in [0, 0.05) is 43.9 Å². The molecule has 0 radical (unpaired) electrons. The van der Waals surface area contributed by atoms with Crippen molar-refractivity contribution in [2.45, 2.75) is 38.3 Å². The quantitative estimate of drug-likeness (QED) is 0.515. The molecule has 2 aliphatic rings. The summed E-state index contributed by atoms with van der Waals surface area (Å²) in [5.74, 6) is 0.497. The average Bonchev–Trinajstić information content (AvgIpc) is 3.53. The molecule has 0 bridgehead atoms. The molecule has 0 amide bonds. The van der Waals surface area contributed by atoms with Crippen molar-refractivity contribution >= 4 is 17.5 Å². The second-order valence-electron chi connectivity index (χ2n) is 8.57. The van der Waals surface area contributed by atoms with Crippen LogP contribution in [0.15, 0.2) is 30.5 Å². The minimum absolute atomic E-state index is 0.0266. The molecule has 1 aliphatic carbocycles. The van der Waals surface area contributed by atoms with E-state index in [1.807, 2.05) is 0 Å². The zero-order valence-corrected chi connectivity index (χ0v) is 18.8. The normalized spacial score (nSPS) is 17.1. The van der Waals surface area contributed by atoms with Gasteiger partial charge in [-0.1, -0.05) is 29.8 Å². The van der Waals surface area contributed by atoms with Gasteiger partial charge in [-0.2, -0.15) is 13.9 Å². The van der Waals surface area contributed by atoms with Crippen LogP contribution in [0.1, 0.15) is 47.6 Å². The molecular formula is C23H25ClF2N6O. The fourth-order valence-corrected chi connectivity index (χ4v) is 4.55. The van der Waals surface area contributed by atoms with Gasteiger partial charge in [0.15, 0.2) is 0 Å². The fourth-order valence-electron chi connectivity index (χ4n) is 4.36. The Balaban J connectivity index is 1.50. The highest BCUT2D eigenvalue weighted by atomic mass is 35.5. The van der Waals surface area contributed by atoms with Crippen molar-refractivity contribution in [1.29, 1.82) is 0 Å². The number of rotatable bonds is 7. The minimum atomic E-state index is -2.76. The van der Waals surface area contributed by atoms with Crippen LogP contribution in [0.25, 0.3) is 11.4 Å². The van der Waals surface area contributed by atoms with Gasteiger partial charge in [0.1, 0.15) is 10.8 Å². The molecule has 3 aromatic rings. The number of aromatic nitrogens is 4. The predicted molar refractivity (Wildman–Crippen MR) is 121 cm³/mol. The molecule has 174 valence electrons. The third kappa shape index (κ3) is 5.15. The van der Waals surface area contributed by atoms with Crippen LogP contribution < -0.4 is 5.73 Å². The molecule has 1 aromatic carbocycles. The van der Waals surface area contributed by atoms with Crippen LogP contribution in [0.3, 0.4) is 0 Å². The Labute approximate surface area is 195 Å². The highest BCUT2D eigenvalue weighted by molar-refractivity contribution is 6.29. The maximum Gasteiger partial charge on any atom is 0.333 e. The molecule has 0 spiro atoms. The second-order valence-corrected chi connectivity index (χ2v) is 8.95. The fraction of sp³-hybridized carbons (Fsp3) is 0.435. The number of nitrogens with two attached hydrogens (primary N) is 1. The average molecular weight is 475 g/mol. The molecule has 1 saturated carbocycles. The van der Waals surface area contributed by atoms with Gasteiger partial charge >= 0.3 is 6.55 Å². The summed E-state index contributed by atoms with van der Waals surface area (Å²) in [5, 5.41) is 4.24. The van der Waals surface area contributed by atoms with Crippen molar-refractivity contribution in [2.75, 3.05) is 32.0 Å². The third-order valence-electron chi connectivity index (χ3n) is 6.08. The van der Waals surface area contributed by atoms with Gasteiger partial charge in [-0.3, -0.25) is 4.90 Å². The Morgan fingerprint density at radius 2 is 1.91 bits per heavy atom. The maximum atomic E-state index is 13.5. The molecular weight excluding hydrogens is 450 g/mol. The second kappa shape index (κ2) is 9.32. The van der Waals surface area contributed by atoms with E-state index in [4.69, 9.17) is 22.1 Å². The van der Waals surface area contributed by atoms with Crippen molar-refractivity contribution in [3.63, 3.8) is 0 Å².